The molecular weight excluding hydrogens is 804 g/mol. The lowest BCUT2D eigenvalue weighted by Crippen LogP contribution is -2.71. The van der Waals surface area contributed by atoms with Crippen LogP contribution < -0.4 is 16.4 Å². The molecule has 0 spiro atoms. The molecule has 21 nitrogen and oxygen atoms in total. The number of hydrogen-bond donors (Lipinski definition) is 9. The van der Waals surface area contributed by atoms with Crippen LogP contribution in [0.4, 0.5) is 5.13 Å². The van der Waals surface area contributed by atoms with Crippen molar-refractivity contribution in [3.05, 3.63) is 45.1 Å². The second-order valence-electron chi connectivity index (χ2n) is 13.7. The number of thiazole rings is 1. The Morgan fingerprint density at radius 3 is 2.45 bits per heavy atom. The van der Waals surface area contributed by atoms with E-state index in [1.165, 1.54) is 23.2 Å². The van der Waals surface area contributed by atoms with Crippen LogP contribution in [0.2, 0.25) is 5.02 Å². The molecular formula is C32H34ClN8O13S2+. The summed E-state index contributed by atoms with van der Waals surface area (Å²) in [6, 6.07) is 1.11. The molecule has 10 N–H and O–H groups in total. The fraction of sp³-hybridized carbons (Fsp3) is 0.406. The average molecular weight is 838 g/mol. The van der Waals surface area contributed by atoms with Gasteiger partial charge in [-0.05, 0) is 12.1 Å². The van der Waals surface area contributed by atoms with Crippen molar-refractivity contribution in [1.82, 2.24) is 20.5 Å². The number of hydrogen-bond acceptors (Lipinski definition) is 16. The molecule has 2 bridgehead atoms. The molecule has 24 heteroatoms. The molecule has 56 heavy (non-hydrogen) atoms. The van der Waals surface area contributed by atoms with Gasteiger partial charge in [0.1, 0.15) is 29.4 Å². The highest BCUT2D eigenvalue weighted by Gasteiger charge is 2.58. The number of nitrogens with one attached hydrogen (secondary N) is 2. The highest BCUT2D eigenvalue weighted by atomic mass is 35.5. The molecule has 2 aromatic rings. The lowest BCUT2D eigenvalue weighted by atomic mass is 9.84. The fourth-order valence-electron chi connectivity index (χ4n) is 7.44. The number of aromatic hydroxyl groups is 2. The number of β-lactam (4-membered cyclic amide) rings is 1. The zero-order valence-electron chi connectivity index (χ0n) is 28.9. The maximum absolute atomic E-state index is 13.5. The van der Waals surface area contributed by atoms with Crippen molar-refractivity contribution in [1.29, 1.82) is 0 Å². The molecule has 4 aliphatic heterocycles. The number of amides is 3. The summed E-state index contributed by atoms with van der Waals surface area (Å²) in [5.41, 5.74) is 4.35. The van der Waals surface area contributed by atoms with E-state index in [4.69, 9.17) is 27.3 Å². The number of anilines is 1. The van der Waals surface area contributed by atoms with Gasteiger partial charge >= 0.3 is 17.9 Å². The molecule has 3 atom stereocenters. The molecule has 4 aliphatic rings. The van der Waals surface area contributed by atoms with Crippen LogP contribution in [0.5, 0.6) is 11.5 Å². The van der Waals surface area contributed by atoms with E-state index in [1.807, 2.05) is 0 Å². The van der Waals surface area contributed by atoms with Crippen molar-refractivity contribution in [3.8, 4) is 11.5 Å². The number of quaternary nitrogens is 1. The number of aromatic nitrogens is 1. The van der Waals surface area contributed by atoms with E-state index in [0.717, 1.165) is 22.3 Å². The molecule has 0 radical (unpaired) electrons. The molecule has 6 rings (SSSR count). The summed E-state index contributed by atoms with van der Waals surface area (Å²) in [6.07, 6.45) is -1.56. The van der Waals surface area contributed by atoms with Crippen molar-refractivity contribution < 1.29 is 68.8 Å². The molecule has 0 unspecified atom stereocenters. The van der Waals surface area contributed by atoms with E-state index >= 15 is 0 Å². The number of phenolic OH excluding ortho intramolecular Hbond substituents is 2. The fourth-order valence-corrected chi connectivity index (χ4v) is 9.57. The summed E-state index contributed by atoms with van der Waals surface area (Å²) in [7, 11) is 0. The van der Waals surface area contributed by atoms with Crippen molar-refractivity contribution in [3.63, 3.8) is 0 Å². The van der Waals surface area contributed by atoms with Gasteiger partial charge in [-0.3, -0.25) is 24.1 Å². The minimum atomic E-state index is -1.95. The minimum absolute atomic E-state index is 0.0193. The summed E-state index contributed by atoms with van der Waals surface area (Å²) < 4.78 is 0.504. The van der Waals surface area contributed by atoms with E-state index in [1.54, 1.807) is 0 Å². The lowest BCUT2D eigenvalue weighted by Gasteiger charge is -2.50. The summed E-state index contributed by atoms with van der Waals surface area (Å²) >= 11 is 8.23. The Kier molecular flexibility index (Phi) is 11.1. The topological polar surface area (TPSA) is 324 Å². The van der Waals surface area contributed by atoms with E-state index in [9.17, 15) is 54.4 Å². The number of carboxylic acids is 3. The van der Waals surface area contributed by atoms with Gasteiger partial charge in [0.25, 0.3) is 17.7 Å². The molecule has 3 saturated heterocycles. The van der Waals surface area contributed by atoms with Gasteiger partial charge < -0.3 is 56.4 Å². The Morgan fingerprint density at radius 2 is 1.84 bits per heavy atom. The standard InChI is InChI=1S/C32H33ClN8O13S2/c33-19-14(1-2-16(42)24(19)45)20(38-53)25(46)35-11-32-3-5-41(12-32,6-4-32)8-13-9-55-28-22(27(48)40(28)23(13)30(51)52)37-26(47)21(15-10-56-31(34)36-15)39-54-17(29(49)50)7-18(43)44/h1-2,10,17,22,28H,3-9,11-12H2,(H9-,34,35,36,37,38,39,42,43,44,45,46,47,49,50,51,52,53)/p+1/t17-,22+,28+,32?,41?/m0/s1. The van der Waals surface area contributed by atoms with Gasteiger partial charge in [-0.1, -0.05) is 21.9 Å². The Bertz CT molecular complexity index is 2120. The SMILES string of the molecule is Nc1nc(/C(=N/O[C@@H](CC(=O)O)C(=O)O)C(=O)N[C@@H]2C(=O)N3C(C(=O)O)=C(C[N+]45CCC(CNC(=O)/C(=N/O)c6ccc(O)c(O)c6Cl)(CC4)C5)CS[C@H]23)cs1. The number of thioether (sulfide) groups is 1. The molecule has 0 saturated carbocycles. The van der Waals surface area contributed by atoms with E-state index in [0.29, 0.717) is 49.1 Å². The summed E-state index contributed by atoms with van der Waals surface area (Å²) in [5.74, 6) is -7.99. The van der Waals surface area contributed by atoms with Crippen LogP contribution in [0.3, 0.4) is 0 Å². The second-order valence-corrected chi connectivity index (χ2v) is 16.1. The highest BCUT2D eigenvalue weighted by Crippen LogP contribution is 2.48. The number of aliphatic carboxylic acids is 3. The van der Waals surface area contributed by atoms with Crippen molar-refractivity contribution in [2.45, 2.75) is 36.8 Å². The van der Waals surface area contributed by atoms with Crippen LogP contribution in [-0.4, -0.2) is 148 Å². The maximum Gasteiger partial charge on any atom is 0.352 e. The van der Waals surface area contributed by atoms with Crippen molar-refractivity contribution in [2.75, 3.05) is 44.2 Å². The summed E-state index contributed by atoms with van der Waals surface area (Å²) in [4.78, 5) is 85.2. The predicted molar refractivity (Wildman–Crippen MR) is 195 cm³/mol. The molecule has 3 fully saturated rings. The van der Waals surface area contributed by atoms with Gasteiger partial charge in [-0.15, -0.1) is 23.1 Å². The Hall–Kier alpha value is -5.65. The number of nitrogens with two attached hydrogens (primary N) is 1. The first kappa shape index (κ1) is 40.0. The van der Waals surface area contributed by atoms with E-state index in [2.05, 4.69) is 25.9 Å². The highest BCUT2D eigenvalue weighted by molar-refractivity contribution is 8.00. The van der Waals surface area contributed by atoms with Crippen LogP contribution in [0.1, 0.15) is 30.5 Å². The van der Waals surface area contributed by atoms with E-state index < -0.39 is 82.5 Å². The largest absolute Gasteiger partial charge is 0.504 e. The summed E-state index contributed by atoms with van der Waals surface area (Å²) in [5, 5.41) is 69.9. The number of rotatable bonds is 15. The number of nitrogen functional groups attached to an aromatic ring is 1. The molecule has 298 valence electrons. The van der Waals surface area contributed by atoms with Gasteiger partial charge in [0.15, 0.2) is 28.1 Å². The van der Waals surface area contributed by atoms with Gasteiger partial charge in [-0.25, -0.2) is 14.6 Å². The summed E-state index contributed by atoms with van der Waals surface area (Å²) in [6.45, 7) is 2.40. The number of oxime groups is 2. The Morgan fingerprint density at radius 1 is 1.12 bits per heavy atom. The number of benzene rings is 1. The van der Waals surface area contributed by atoms with E-state index in [-0.39, 0.29) is 44.8 Å². The van der Waals surface area contributed by atoms with Crippen molar-refractivity contribution >= 4 is 86.9 Å². The van der Waals surface area contributed by atoms with Crippen LogP contribution in [-0.2, 0) is 33.6 Å². The number of carboxylic acid groups (broad SMARTS) is 3. The minimum Gasteiger partial charge on any atom is -0.504 e. The zero-order chi connectivity index (χ0) is 40.7. The molecule has 0 aliphatic carbocycles. The Labute approximate surface area is 328 Å². The monoisotopic (exact) mass is 837 g/mol. The second kappa shape index (κ2) is 15.5. The van der Waals surface area contributed by atoms with Gasteiger partial charge in [0.05, 0.1) is 31.1 Å². The third kappa shape index (κ3) is 7.61. The van der Waals surface area contributed by atoms with Crippen LogP contribution in [0.15, 0.2) is 39.1 Å². The van der Waals surface area contributed by atoms with Crippen LogP contribution >= 0.6 is 34.7 Å². The first-order valence-electron chi connectivity index (χ1n) is 16.7. The Balaban J connectivity index is 1.13. The van der Waals surface area contributed by atoms with Crippen molar-refractivity contribution in [2.24, 2.45) is 15.7 Å². The number of carbonyl (C=O) groups is 6. The lowest BCUT2D eigenvalue weighted by molar-refractivity contribution is -0.904. The third-order valence-electron chi connectivity index (χ3n) is 10.1. The number of carbonyl (C=O) groups excluding carboxylic acids is 3. The molecule has 1 aromatic carbocycles. The molecule has 5 heterocycles. The zero-order valence-corrected chi connectivity index (χ0v) is 31.3. The number of halogens is 1. The van der Waals surface area contributed by atoms with Gasteiger partial charge in [0, 0.05) is 47.1 Å². The number of piperidine rings is 1. The predicted octanol–water partition coefficient (Wildman–Crippen LogP) is -0.218. The number of nitrogens with zero attached hydrogens (tertiary/aromatic N) is 5. The number of fused-ring (bicyclic) bond motifs is 3. The van der Waals surface area contributed by atoms with Gasteiger partial charge in [0.2, 0.25) is 6.10 Å². The molecule has 1 aromatic heterocycles. The quantitative estimate of drug-likeness (QED) is 0.0280. The third-order valence-corrected chi connectivity index (χ3v) is 12.5. The molecule has 3 amide bonds. The first-order chi connectivity index (χ1) is 26.5. The first-order valence-corrected chi connectivity index (χ1v) is 19.0. The van der Waals surface area contributed by atoms with Crippen LogP contribution in [0, 0.1) is 5.41 Å². The normalized spacial score (nSPS) is 24.9. The number of phenols is 2. The smallest absolute Gasteiger partial charge is 0.352 e. The maximum atomic E-state index is 13.5. The van der Waals surface area contributed by atoms with Crippen LogP contribution in [0.25, 0.3) is 0 Å². The van der Waals surface area contributed by atoms with Gasteiger partial charge in [-0.2, -0.15) is 0 Å². The average Bonchev–Trinajstić information content (AvgIpc) is 3.85.